The van der Waals surface area contributed by atoms with Crippen molar-refractivity contribution >= 4 is 5.91 Å². The quantitative estimate of drug-likeness (QED) is 0.749. The largest absolute Gasteiger partial charge is 0.497 e. The number of amides is 1. The first kappa shape index (κ1) is 17.3. The normalized spacial score (nSPS) is 19.4. The number of nitrogens with one attached hydrogen (secondary N) is 3. The summed E-state index contributed by atoms with van der Waals surface area (Å²) < 4.78 is 10.4. The summed E-state index contributed by atoms with van der Waals surface area (Å²) in [5, 5.41) is 2.97. The molecule has 0 radical (unpaired) electrons. The number of carbonyl (C=O) groups excluding carboxylic acids is 1. The molecule has 1 amide bonds. The zero-order valence-corrected chi connectivity index (χ0v) is 14.4. The van der Waals surface area contributed by atoms with Crippen molar-refractivity contribution < 1.29 is 14.3 Å². The number of ether oxygens (including phenoxy) is 2. The minimum Gasteiger partial charge on any atom is -0.497 e. The molecule has 2 aromatic rings. The van der Waals surface area contributed by atoms with Gasteiger partial charge in [0, 0.05) is 12.6 Å². The Morgan fingerprint density at radius 1 is 1.08 bits per heavy atom. The lowest BCUT2D eigenvalue weighted by atomic mass is 10.0. The van der Waals surface area contributed by atoms with Crippen LogP contribution in [0.15, 0.2) is 48.5 Å². The van der Waals surface area contributed by atoms with Crippen LogP contribution in [0.25, 0.3) is 0 Å². The Morgan fingerprint density at radius 2 is 1.84 bits per heavy atom. The lowest BCUT2D eigenvalue weighted by molar-refractivity contribution is -0.123. The third kappa shape index (κ3) is 4.29. The van der Waals surface area contributed by atoms with E-state index in [0.29, 0.717) is 13.0 Å². The summed E-state index contributed by atoms with van der Waals surface area (Å²) >= 11 is 0. The second kappa shape index (κ2) is 8.00. The minimum absolute atomic E-state index is 0.0197. The molecule has 0 bridgehead atoms. The van der Waals surface area contributed by atoms with Gasteiger partial charge in [-0.25, -0.2) is 10.9 Å². The van der Waals surface area contributed by atoms with E-state index in [1.54, 1.807) is 14.2 Å². The van der Waals surface area contributed by atoms with Crippen LogP contribution >= 0.6 is 0 Å². The highest BCUT2D eigenvalue weighted by Crippen LogP contribution is 2.25. The monoisotopic (exact) mass is 341 g/mol. The second-order valence-corrected chi connectivity index (χ2v) is 5.97. The predicted molar refractivity (Wildman–Crippen MR) is 95.3 cm³/mol. The molecule has 1 fully saturated rings. The van der Waals surface area contributed by atoms with Crippen LogP contribution in [0.3, 0.4) is 0 Å². The highest BCUT2D eigenvalue weighted by Gasteiger charge is 2.30. The van der Waals surface area contributed by atoms with Gasteiger partial charge in [0.25, 0.3) is 0 Å². The average Bonchev–Trinajstić information content (AvgIpc) is 3.17. The fraction of sp³-hybridized carbons (Fsp3) is 0.316. The predicted octanol–water partition coefficient (Wildman–Crippen LogP) is 1.93. The van der Waals surface area contributed by atoms with Crippen LogP contribution in [0.2, 0.25) is 0 Å². The van der Waals surface area contributed by atoms with Crippen LogP contribution in [-0.2, 0) is 11.3 Å². The second-order valence-electron chi connectivity index (χ2n) is 5.97. The Morgan fingerprint density at radius 3 is 2.56 bits per heavy atom. The van der Waals surface area contributed by atoms with Crippen molar-refractivity contribution in [3.63, 3.8) is 0 Å². The van der Waals surface area contributed by atoms with E-state index >= 15 is 0 Å². The first-order chi connectivity index (χ1) is 12.2. The lowest BCUT2D eigenvalue weighted by Crippen LogP contribution is -2.42. The number of carbonyl (C=O) groups is 1. The molecule has 1 saturated heterocycles. The summed E-state index contributed by atoms with van der Waals surface area (Å²) in [4.78, 5) is 12.4. The van der Waals surface area contributed by atoms with Gasteiger partial charge in [-0.15, -0.1) is 0 Å². The number of hydrazine groups is 1. The molecule has 0 aliphatic carbocycles. The van der Waals surface area contributed by atoms with Crippen molar-refractivity contribution in [2.45, 2.75) is 25.0 Å². The summed E-state index contributed by atoms with van der Waals surface area (Å²) in [6.45, 7) is 0.491. The third-order valence-electron chi connectivity index (χ3n) is 4.34. The zero-order valence-electron chi connectivity index (χ0n) is 14.4. The van der Waals surface area contributed by atoms with E-state index in [-0.39, 0.29) is 18.0 Å². The maximum atomic E-state index is 12.4. The molecule has 0 spiro atoms. The molecule has 1 aliphatic rings. The topological polar surface area (TPSA) is 71.6 Å². The lowest BCUT2D eigenvalue weighted by Gasteiger charge is -2.12. The molecule has 6 nitrogen and oxygen atoms in total. The van der Waals surface area contributed by atoms with Crippen molar-refractivity contribution in [1.82, 2.24) is 16.2 Å². The Bertz CT molecular complexity index is 718. The molecule has 1 aliphatic heterocycles. The van der Waals surface area contributed by atoms with E-state index in [1.807, 2.05) is 48.5 Å². The minimum atomic E-state index is -0.269. The van der Waals surface area contributed by atoms with E-state index in [1.165, 1.54) is 0 Å². The Kier molecular flexibility index (Phi) is 5.53. The van der Waals surface area contributed by atoms with Crippen LogP contribution in [0, 0.1) is 0 Å². The van der Waals surface area contributed by atoms with Crippen molar-refractivity contribution in [2.75, 3.05) is 14.2 Å². The maximum absolute atomic E-state index is 12.4. The molecule has 3 rings (SSSR count). The van der Waals surface area contributed by atoms with Crippen LogP contribution < -0.4 is 25.6 Å². The van der Waals surface area contributed by atoms with E-state index in [0.717, 1.165) is 22.6 Å². The molecular formula is C19H23N3O3. The Hall–Kier alpha value is -2.57. The molecule has 0 aromatic heterocycles. The number of methoxy groups -OCH3 is 2. The van der Waals surface area contributed by atoms with Gasteiger partial charge in [-0.1, -0.05) is 24.3 Å². The third-order valence-corrected chi connectivity index (χ3v) is 4.34. The molecule has 2 aromatic carbocycles. The summed E-state index contributed by atoms with van der Waals surface area (Å²) in [5.74, 6) is 1.60. The van der Waals surface area contributed by atoms with Crippen molar-refractivity contribution in [3.05, 3.63) is 59.7 Å². The van der Waals surface area contributed by atoms with Gasteiger partial charge in [0.1, 0.15) is 17.5 Å². The first-order valence-corrected chi connectivity index (χ1v) is 8.25. The van der Waals surface area contributed by atoms with Gasteiger partial charge in [0.05, 0.1) is 14.2 Å². The van der Waals surface area contributed by atoms with E-state index < -0.39 is 0 Å². The fourth-order valence-corrected chi connectivity index (χ4v) is 2.86. The summed E-state index contributed by atoms with van der Waals surface area (Å²) in [6.07, 6.45) is 0.682. The molecule has 3 N–H and O–H groups in total. The van der Waals surface area contributed by atoms with Gasteiger partial charge in [0.15, 0.2) is 0 Å². The molecule has 25 heavy (non-hydrogen) atoms. The smallest absolute Gasteiger partial charge is 0.238 e. The molecule has 2 unspecified atom stereocenters. The zero-order chi connectivity index (χ0) is 17.6. The summed E-state index contributed by atoms with van der Waals surface area (Å²) in [6, 6.07) is 15.3. The van der Waals surface area contributed by atoms with Gasteiger partial charge < -0.3 is 14.8 Å². The maximum Gasteiger partial charge on any atom is 0.238 e. The molecular weight excluding hydrogens is 318 g/mol. The SMILES string of the molecule is COc1ccc(CNC(=O)C2CC(c3cccc(OC)c3)NN2)cc1. The van der Waals surface area contributed by atoms with Crippen LogP contribution in [0.1, 0.15) is 23.6 Å². The molecule has 132 valence electrons. The molecule has 2 atom stereocenters. The van der Waals surface area contributed by atoms with Gasteiger partial charge >= 0.3 is 0 Å². The van der Waals surface area contributed by atoms with Gasteiger partial charge in [0.2, 0.25) is 5.91 Å². The Balaban J connectivity index is 1.53. The highest BCUT2D eigenvalue weighted by molar-refractivity contribution is 5.82. The van der Waals surface area contributed by atoms with Crippen LogP contribution in [0.4, 0.5) is 0 Å². The summed E-state index contributed by atoms with van der Waals surface area (Å²) in [5.41, 5.74) is 8.39. The number of rotatable bonds is 6. The van der Waals surface area contributed by atoms with Crippen LogP contribution in [0.5, 0.6) is 11.5 Å². The molecule has 1 heterocycles. The van der Waals surface area contributed by atoms with Crippen molar-refractivity contribution in [1.29, 1.82) is 0 Å². The number of benzene rings is 2. The van der Waals surface area contributed by atoms with Crippen molar-refractivity contribution in [3.8, 4) is 11.5 Å². The van der Waals surface area contributed by atoms with Gasteiger partial charge in [-0.2, -0.15) is 0 Å². The summed E-state index contributed by atoms with van der Waals surface area (Å²) in [7, 11) is 3.28. The van der Waals surface area contributed by atoms with E-state index in [9.17, 15) is 4.79 Å². The standard InChI is InChI=1S/C19H23N3O3/c1-24-15-8-6-13(7-9-15)12-20-19(23)18-11-17(21-22-18)14-4-3-5-16(10-14)25-2/h3-10,17-18,21-22H,11-12H2,1-2H3,(H,20,23). The fourth-order valence-electron chi connectivity index (χ4n) is 2.86. The van der Waals surface area contributed by atoms with Crippen molar-refractivity contribution in [2.24, 2.45) is 0 Å². The first-order valence-electron chi connectivity index (χ1n) is 8.25. The average molecular weight is 341 g/mol. The van der Waals surface area contributed by atoms with Gasteiger partial charge in [-0.05, 0) is 41.8 Å². The number of hydrogen-bond donors (Lipinski definition) is 3. The molecule has 0 saturated carbocycles. The Labute approximate surface area is 147 Å². The highest BCUT2D eigenvalue weighted by atomic mass is 16.5. The van der Waals surface area contributed by atoms with E-state index in [4.69, 9.17) is 9.47 Å². The van der Waals surface area contributed by atoms with Gasteiger partial charge in [-0.3, -0.25) is 4.79 Å². The van der Waals surface area contributed by atoms with Crippen LogP contribution in [-0.4, -0.2) is 26.2 Å². The van der Waals surface area contributed by atoms with E-state index in [2.05, 4.69) is 16.2 Å². The number of hydrogen-bond acceptors (Lipinski definition) is 5. The molecule has 6 heteroatoms.